The molecule has 0 radical (unpaired) electrons. The van der Waals surface area contributed by atoms with Gasteiger partial charge in [0.1, 0.15) is 5.82 Å². The molecule has 0 aliphatic heterocycles. The number of aromatic amines is 1. The summed E-state index contributed by atoms with van der Waals surface area (Å²) in [7, 11) is 0. The lowest BCUT2D eigenvalue weighted by Crippen LogP contribution is -2.26. The number of nitrogens with two attached hydrogens (primary N) is 2. The van der Waals surface area contributed by atoms with Gasteiger partial charge in [-0.25, -0.2) is 4.98 Å². The van der Waals surface area contributed by atoms with Crippen molar-refractivity contribution >= 4 is 16.9 Å². The second-order valence-electron chi connectivity index (χ2n) is 5.30. The number of rotatable bonds is 2. The van der Waals surface area contributed by atoms with Crippen LogP contribution in [0.5, 0.6) is 0 Å². The van der Waals surface area contributed by atoms with E-state index in [-0.39, 0.29) is 0 Å². The minimum absolute atomic E-state index is 0.321. The van der Waals surface area contributed by atoms with Gasteiger partial charge in [0.05, 0.1) is 16.6 Å². The first kappa shape index (κ1) is 12.2. The van der Waals surface area contributed by atoms with Gasteiger partial charge in [-0.3, -0.25) is 4.79 Å². The number of imidazole rings is 1. The highest BCUT2D eigenvalue weighted by Gasteiger charge is 2.23. The van der Waals surface area contributed by atoms with Crippen LogP contribution in [0.25, 0.3) is 11.0 Å². The maximum atomic E-state index is 11.4. The lowest BCUT2D eigenvalue weighted by molar-refractivity contribution is 0.100. The molecule has 3 rings (SSSR count). The van der Waals surface area contributed by atoms with Crippen molar-refractivity contribution in [3.63, 3.8) is 0 Å². The van der Waals surface area contributed by atoms with Crippen LogP contribution in [-0.4, -0.2) is 21.9 Å². The van der Waals surface area contributed by atoms with Gasteiger partial charge in [0, 0.05) is 12.0 Å². The van der Waals surface area contributed by atoms with E-state index in [4.69, 9.17) is 11.5 Å². The van der Waals surface area contributed by atoms with Crippen molar-refractivity contribution in [2.45, 2.75) is 37.6 Å². The normalized spacial score (nSPS) is 23.6. The van der Waals surface area contributed by atoms with E-state index in [1.165, 1.54) is 0 Å². The molecule has 1 heterocycles. The molecule has 0 unspecified atom stereocenters. The van der Waals surface area contributed by atoms with Crippen LogP contribution in [0.2, 0.25) is 0 Å². The number of carbonyl (C=O) groups excluding carboxylic acids is 1. The van der Waals surface area contributed by atoms with Crippen LogP contribution in [0.3, 0.4) is 0 Å². The van der Waals surface area contributed by atoms with Crippen molar-refractivity contribution < 1.29 is 4.79 Å². The number of hydrogen-bond donors (Lipinski definition) is 3. The number of hydrogen-bond acceptors (Lipinski definition) is 3. The molecular formula is C14H18N4O. The topological polar surface area (TPSA) is 97.8 Å². The second kappa shape index (κ2) is 4.66. The Morgan fingerprint density at radius 1 is 1.26 bits per heavy atom. The van der Waals surface area contributed by atoms with Crippen LogP contribution in [0.1, 0.15) is 47.8 Å². The number of fused-ring (bicyclic) bond motifs is 1. The standard InChI is InChI=1S/C14H18N4O/c15-9-6-4-8(5-7-9)14-17-11-3-1-2-10(13(16)19)12(11)18-14/h1-3,8-9H,4-7,15H2,(H2,16,19)(H,17,18)/t8-,9+. The van der Waals surface area contributed by atoms with E-state index in [1.54, 1.807) is 6.07 Å². The van der Waals surface area contributed by atoms with Crippen molar-refractivity contribution in [2.24, 2.45) is 11.5 Å². The number of H-pyrrole nitrogens is 1. The van der Waals surface area contributed by atoms with Gasteiger partial charge < -0.3 is 16.5 Å². The lowest BCUT2D eigenvalue weighted by Gasteiger charge is -2.24. The van der Waals surface area contributed by atoms with Crippen molar-refractivity contribution in [1.29, 1.82) is 0 Å². The lowest BCUT2D eigenvalue weighted by atomic mass is 9.86. The summed E-state index contributed by atoms with van der Waals surface area (Å²) in [4.78, 5) is 19.3. The zero-order valence-corrected chi connectivity index (χ0v) is 10.7. The van der Waals surface area contributed by atoms with Gasteiger partial charge in [-0.1, -0.05) is 6.07 Å². The molecule has 0 bridgehead atoms. The van der Waals surface area contributed by atoms with E-state index in [0.29, 0.717) is 17.5 Å². The van der Waals surface area contributed by atoms with Gasteiger partial charge in [0.25, 0.3) is 5.91 Å². The molecule has 1 fully saturated rings. The molecule has 2 aromatic rings. The van der Waals surface area contributed by atoms with Crippen molar-refractivity contribution in [3.05, 3.63) is 29.6 Å². The summed E-state index contributed by atoms with van der Waals surface area (Å²) < 4.78 is 0. The molecule has 0 atom stereocenters. The number of para-hydroxylation sites is 1. The minimum Gasteiger partial charge on any atom is -0.366 e. The first-order valence-electron chi connectivity index (χ1n) is 6.69. The Labute approximate surface area is 111 Å². The third kappa shape index (κ3) is 2.21. The molecule has 5 heteroatoms. The fraction of sp³-hybridized carbons (Fsp3) is 0.429. The van der Waals surface area contributed by atoms with Crippen LogP contribution in [-0.2, 0) is 0 Å². The number of aromatic nitrogens is 2. The van der Waals surface area contributed by atoms with Crippen LogP contribution < -0.4 is 11.5 Å². The molecule has 1 aliphatic rings. The molecule has 1 saturated carbocycles. The zero-order valence-electron chi connectivity index (χ0n) is 10.7. The van der Waals surface area contributed by atoms with Crippen molar-refractivity contribution in [3.8, 4) is 0 Å². The Balaban J connectivity index is 1.98. The van der Waals surface area contributed by atoms with Gasteiger partial charge in [-0.05, 0) is 37.8 Å². The first-order chi connectivity index (χ1) is 9.15. The van der Waals surface area contributed by atoms with Crippen molar-refractivity contribution in [1.82, 2.24) is 9.97 Å². The van der Waals surface area contributed by atoms with E-state index < -0.39 is 5.91 Å². The van der Waals surface area contributed by atoms with Crippen LogP contribution in [0.15, 0.2) is 18.2 Å². The smallest absolute Gasteiger partial charge is 0.250 e. The number of nitrogens with one attached hydrogen (secondary N) is 1. The summed E-state index contributed by atoms with van der Waals surface area (Å²) >= 11 is 0. The van der Waals surface area contributed by atoms with Crippen LogP contribution in [0, 0.1) is 0 Å². The van der Waals surface area contributed by atoms with Gasteiger partial charge in [-0.15, -0.1) is 0 Å². The molecule has 1 aliphatic carbocycles. The molecule has 1 aromatic heterocycles. The Bertz CT molecular complexity index is 611. The third-order valence-corrected chi connectivity index (χ3v) is 3.96. The maximum Gasteiger partial charge on any atom is 0.250 e. The summed E-state index contributed by atoms with van der Waals surface area (Å²) in [5.41, 5.74) is 13.4. The van der Waals surface area contributed by atoms with Gasteiger partial charge >= 0.3 is 0 Å². The van der Waals surface area contributed by atoms with Crippen molar-refractivity contribution in [2.75, 3.05) is 0 Å². The summed E-state index contributed by atoms with van der Waals surface area (Å²) in [6.45, 7) is 0. The average molecular weight is 258 g/mol. The molecular weight excluding hydrogens is 240 g/mol. The zero-order chi connectivity index (χ0) is 13.4. The molecule has 0 spiro atoms. The van der Waals surface area contributed by atoms with Crippen LogP contribution in [0.4, 0.5) is 0 Å². The second-order valence-corrected chi connectivity index (χ2v) is 5.30. The summed E-state index contributed by atoms with van der Waals surface area (Å²) in [5, 5.41) is 0. The van der Waals surface area contributed by atoms with Gasteiger partial charge in [0.2, 0.25) is 0 Å². The fourth-order valence-electron chi connectivity index (χ4n) is 2.84. The molecule has 1 amide bonds. The highest BCUT2D eigenvalue weighted by atomic mass is 16.1. The number of nitrogens with zero attached hydrogens (tertiary/aromatic N) is 1. The Hall–Kier alpha value is -1.88. The highest BCUT2D eigenvalue weighted by molar-refractivity contribution is 6.04. The Kier molecular flexibility index (Phi) is 2.98. The molecule has 100 valence electrons. The molecule has 5 nitrogen and oxygen atoms in total. The molecule has 19 heavy (non-hydrogen) atoms. The summed E-state index contributed by atoms with van der Waals surface area (Å²) in [5.74, 6) is 0.940. The first-order valence-corrected chi connectivity index (χ1v) is 6.69. The third-order valence-electron chi connectivity index (χ3n) is 3.96. The largest absolute Gasteiger partial charge is 0.366 e. The average Bonchev–Trinajstić information content (AvgIpc) is 2.82. The summed E-state index contributed by atoms with van der Waals surface area (Å²) in [6, 6.07) is 5.76. The minimum atomic E-state index is -0.425. The van der Waals surface area contributed by atoms with Crippen LogP contribution >= 0.6 is 0 Å². The number of amides is 1. The maximum absolute atomic E-state index is 11.4. The predicted octanol–water partition coefficient (Wildman–Crippen LogP) is 1.65. The highest BCUT2D eigenvalue weighted by Crippen LogP contribution is 2.32. The van der Waals surface area contributed by atoms with E-state index in [0.717, 1.165) is 42.5 Å². The Morgan fingerprint density at radius 2 is 2.00 bits per heavy atom. The number of carbonyl (C=O) groups is 1. The van der Waals surface area contributed by atoms with E-state index in [9.17, 15) is 4.79 Å². The fourth-order valence-corrected chi connectivity index (χ4v) is 2.84. The quantitative estimate of drug-likeness (QED) is 0.763. The van der Waals surface area contributed by atoms with E-state index in [2.05, 4.69) is 9.97 Å². The van der Waals surface area contributed by atoms with Gasteiger partial charge in [-0.2, -0.15) is 0 Å². The molecule has 5 N–H and O–H groups in total. The van der Waals surface area contributed by atoms with E-state index in [1.807, 2.05) is 12.1 Å². The Morgan fingerprint density at radius 3 is 2.68 bits per heavy atom. The van der Waals surface area contributed by atoms with E-state index >= 15 is 0 Å². The molecule has 0 saturated heterocycles. The number of benzene rings is 1. The molecule has 1 aromatic carbocycles. The van der Waals surface area contributed by atoms with Gasteiger partial charge in [0.15, 0.2) is 0 Å². The SMILES string of the molecule is NC(=O)c1cccc2nc([C@H]3CC[C@@H](N)CC3)[nH]c12. The number of primary amides is 1. The predicted molar refractivity (Wildman–Crippen MR) is 73.8 cm³/mol. The summed E-state index contributed by atoms with van der Waals surface area (Å²) in [6.07, 6.45) is 4.16. The monoisotopic (exact) mass is 258 g/mol.